The predicted molar refractivity (Wildman–Crippen MR) is 86.5 cm³/mol. The minimum atomic E-state index is 0.461. The summed E-state index contributed by atoms with van der Waals surface area (Å²) in [6, 6.07) is 16.4. The van der Waals surface area contributed by atoms with Crippen LogP contribution >= 0.6 is 0 Å². The lowest BCUT2D eigenvalue weighted by atomic mass is 9.89. The molecule has 1 fully saturated rings. The molecule has 2 aliphatic heterocycles. The minimum Gasteiger partial charge on any atom is -0.378 e. The van der Waals surface area contributed by atoms with Crippen molar-refractivity contribution >= 4 is 10.8 Å². The van der Waals surface area contributed by atoms with Gasteiger partial charge in [-0.2, -0.15) is 0 Å². The molecule has 108 valence electrons. The number of ether oxygens (including phenoxy) is 1. The summed E-state index contributed by atoms with van der Waals surface area (Å²) in [7, 11) is 2.23. The van der Waals surface area contributed by atoms with Crippen LogP contribution in [0.3, 0.4) is 0 Å². The summed E-state index contributed by atoms with van der Waals surface area (Å²) in [5.41, 5.74) is 3.02. The molecule has 1 saturated heterocycles. The van der Waals surface area contributed by atoms with E-state index < -0.39 is 0 Å². The number of nitrogens with zero attached hydrogens (tertiary/aromatic N) is 1. The normalized spacial score (nSPS) is 25.9. The Hall–Kier alpha value is -1.64. The van der Waals surface area contributed by atoms with Gasteiger partial charge in [0.25, 0.3) is 0 Å². The molecule has 2 nitrogen and oxygen atoms in total. The second kappa shape index (κ2) is 5.28. The standard InChI is InChI=1S/C19H21NO/c1-20-17-10-14(11-18(20)13-21-12-17)9-16-7-4-6-15-5-2-3-8-19(15)16/h2-8,10,17-18H,9,11-13H2,1H3. The quantitative estimate of drug-likeness (QED) is 0.781. The van der Waals surface area contributed by atoms with Crippen LogP contribution in [0.2, 0.25) is 0 Å². The molecule has 2 aromatic rings. The van der Waals surface area contributed by atoms with Gasteiger partial charge in [-0.25, -0.2) is 0 Å². The van der Waals surface area contributed by atoms with Crippen molar-refractivity contribution < 1.29 is 4.74 Å². The van der Waals surface area contributed by atoms with E-state index in [1.54, 1.807) is 5.57 Å². The zero-order valence-corrected chi connectivity index (χ0v) is 12.5. The van der Waals surface area contributed by atoms with Crippen molar-refractivity contribution in [1.29, 1.82) is 0 Å². The molecule has 2 atom stereocenters. The maximum atomic E-state index is 5.69. The Bertz CT molecular complexity index is 686. The molecule has 0 N–H and O–H groups in total. The minimum absolute atomic E-state index is 0.461. The fourth-order valence-corrected chi connectivity index (χ4v) is 3.66. The van der Waals surface area contributed by atoms with E-state index in [2.05, 4.69) is 60.5 Å². The molecule has 2 heteroatoms. The number of likely N-dealkylation sites (N-methyl/N-ethyl adjacent to an activating group) is 1. The van der Waals surface area contributed by atoms with Crippen molar-refractivity contribution in [2.45, 2.75) is 24.9 Å². The lowest BCUT2D eigenvalue weighted by molar-refractivity contribution is -0.0260. The number of hydrogen-bond acceptors (Lipinski definition) is 2. The van der Waals surface area contributed by atoms with Gasteiger partial charge in [-0.3, -0.25) is 4.90 Å². The highest BCUT2D eigenvalue weighted by Crippen LogP contribution is 2.29. The average Bonchev–Trinajstić information content (AvgIpc) is 2.49. The van der Waals surface area contributed by atoms with E-state index in [0.717, 1.165) is 26.1 Å². The molecule has 2 aliphatic rings. The largest absolute Gasteiger partial charge is 0.378 e. The Labute approximate surface area is 126 Å². The fourth-order valence-electron chi connectivity index (χ4n) is 3.66. The zero-order valence-electron chi connectivity index (χ0n) is 12.5. The third-order valence-electron chi connectivity index (χ3n) is 4.92. The van der Waals surface area contributed by atoms with E-state index in [1.807, 2.05) is 0 Å². The number of hydrogen-bond donors (Lipinski definition) is 0. The Morgan fingerprint density at radius 2 is 1.95 bits per heavy atom. The Morgan fingerprint density at radius 3 is 2.86 bits per heavy atom. The SMILES string of the molecule is CN1C2C=C(Cc3cccc4ccccc34)CC1COC2. The van der Waals surface area contributed by atoms with E-state index in [0.29, 0.717) is 12.1 Å². The topological polar surface area (TPSA) is 12.5 Å². The fraction of sp³-hybridized carbons (Fsp3) is 0.368. The highest BCUT2D eigenvalue weighted by atomic mass is 16.5. The third-order valence-corrected chi connectivity index (χ3v) is 4.92. The molecule has 2 bridgehead atoms. The summed E-state index contributed by atoms with van der Waals surface area (Å²) in [6.07, 6.45) is 4.63. The second-order valence-electron chi connectivity index (χ2n) is 6.27. The van der Waals surface area contributed by atoms with Crippen LogP contribution in [0.15, 0.2) is 54.1 Å². The van der Waals surface area contributed by atoms with E-state index in [9.17, 15) is 0 Å². The maximum absolute atomic E-state index is 5.69. The number of morpholine rings is 1. The summed E-state index contributed by atoms with van der Waals surface area (Å²) >= 11 is 0. The highest BCUT2D eigenvalue weighted by molar-refractivity contribution is 5.85. The molecule has 2 unspecified atom stereocenters. The first-order chi connectivity index (χ1) is 10.3. The van der Waals surface area contributed by atoms with Gasteiger partial charge in [-0.1, -0.05) is 54.1 Å². The van der Waals surface area contributed by atoms with Crippen LogP contribution in [-0.2, 0) is 11.2 Å². The van der Waals surface area contributed by atoms with E-state index in [1.165, 1.54) is 16.3 Å². The van der Waals surface area contributed by atoms with Gasteiger partial charge in [0.2, 0.25) is 0 Å². The molecule has 0 saturated carbocycles. The van der Waals surface area contributed by atoms with Crippen LogP contribution in [-0.4, -0.2) is 37.2 Å². The van der Waals surface area contributed by atoms with Gasteiger partial charge in [0.1, 0.15) is 0 Å². The number of fused-ring (bicyclic) bond motifs is 3. The number of benzene rings is 2. The van der Waals surface area contributed by atoms with E-state index >= 15 is 0 Å². The average molecular weight is 279 g/mol. The van der Waals surface area contributed by atoms with Crippen molar-refractivity contribution in [2.75, 3.05) is 20.3 Å². The summed E-state index contributed by atoms with van der Waals surface area (Å²) in [6.45, 7) is 1.71. The van der Waals surface area contributed by atoms with Crippen molar-refractivity contribution in [3.05, 3.63) is 59.7 Å². The van der Waals surface area contributed by atoms with Crippen molar-refractivity contribution in [1.82, 2.24) is 4.90 Å². The smallest absolute Gasteiger partial charge is 0.0658 e. The molecule has 2 heterocycles. The molecule has 0 aromatic heterocycles. The zero-order chi connectivity index (χ0) is 14.2. The first-order valence-electron chi connectivity index (χ1n) is 7.77. The summed E-state index contributed by atoms with van der Waals surface area (Å²) < 4.78 is 5.69. The maximum Gasteiger partial charge on any atom is 0.0658 e. The van der Waals surface area contributed by atoms with Crippen LogP contribution in [0, 0.1) is 0 Å². The monoisotopic (exact) mass is 279 g/mol. The van der Waals surface area contributed by atoms with Crippen LogP contribution in [0.5, 0.6) is 0 Å². The summed E-state index contributed by atoms with van der Waals surface area (Å²) in [5.74, 6) is 0. The lowest BCUT2D eigenvalue weighted by Crippen LogP contribution is -2.51. The molecule has 0 radical (unpaired) electrons. The molecule has 0 spiro atoms. The molecule has 0 amide bonds. The van der Waals surface area contributed by atoms with Crippen LogP contribution in [0.4, 0.5) is 0 Å². The van der Waals surface area contributed by atoms with E-state index in [-0.39, 0.29) is 0 Å². The van der Waals surface area contributed by atoms with Crippen LogP contribution in [0.25, 0.3) is 10.8 Å². The van der Waals surface area contributed by atoms with Gasteiger partial charge in [-0.05, 0) is 36.2 Å². The first kappa shape index (κ1) is 13.1. The van der Waals surface area contributed by atoms with Gasteiger partial charge in [0.05, 0.1) is 19.3 Å². The van der Waals surface area contributed by atoms with Crippen molar-refractivity contribution in [3.63, 3.8) is 0 Å². The molecular weight excluding hydrogens is 258 g/mol. The van der Waals surface area contributed by atoms with Crippen LogP contribution in [0.1, 0.15) is 12.0 Å². The molecule has 4 rings (SSSR count). The van der Waals surface area contributed by atoms with Gasteiger partial charge in [-0.15, -0.1) is 0 Å². The van der Waals surface area contributed by atoms with E-state index in [4.69, 9.17) is 4.74 Å². The van der Waals surface area contributed by atoms with Crippen molar-refractivity contribution in [2.24, 2.45) is 0 Å². The van der Waals surface area contributed by atoms with Gasteiger partial charge in [0.15, 0.2) is 0 Å². The highest BCUT2D eigenvalue weighted by Gasteiger charge is 2.31. The Morgan fingerprint density at radius 1 is 1.10 bits per heavy atom. The van der Waals surface area contributed by atoms with Crippen molar-refractivity contribution in [3.8, 4) is 0 Å². The van der Waals surface area contributed by atoms with Gasteiger partial charge < -0.3 is 4.74 Å². The third kappa shape index (κ3) is 2.39. The number of rotatable bonds is 2. The molecule has 21 heavy (non-hydrogen) atoms. The van der Waals surface area contributed by atoms with Crippen LogP contribution < -0.4 is 0 Å². The van der Waals surface area contributed by atoms with Gasteiger partial charge in [0, 0.05) is 6.04 Å². The van der Waals surface area contributed by atoms with Gasteiger partial charge >= 0.3 is 0 Å². The Balaban J connectivity index is 1.66. The second-order valence-corrected chi connectivity index (χ2v) is 6.27. The molecule has 2 aromatic carbocycles. The summed E-state index contributed by atoms with van der Waals surface area (Å²) in [5, 5.41) is 2.73. The molecule has 0 aliphatic carbocycles. The lowest BCUT2D eigenvalue weighted by Gasteiger charge is -2.42. The molecular formula is C19H21NO. The summed E-state index contributed by atoms with van der Waals surface area (Å²) in [4.78, 5) is 2.47. The predicted octanol–water partition coefficient (Wildman–Crippen LogP) is 3.41. The first-order valence-corrected chi connectivity index (χ1v) is 7.77. The Kier molecular flexibility index (Phi) is 3.28.